The Morgan fingerprint density at radius 3 is 2.31 bits per heavy atom. The first-order chi connectivity index (χ1) is 15.0. The van der Waals surface area contributed by atoms with E-state index in [9.17, 15) is 14.2 Å². The number of carbonyl (C=O) groups is 2. The summed E-state index contributed by atoms with van der Waals surface area (Å²) in [6, 6.07) is 0. The third-order valence-corrected chi connectivity index (χ3v) is 8.14. The van der Waals surface area contributed by atoms with Crippen LogP contribution in [0.5, 0.6) is 0 Å². The zero-order valence-corrected chi connectivity index (χ0v) is 22.0. The maximum absolute atomic E-state index is 13.6. The highest BCUT2D eigenvalue weighted by Gasteiger charge is 2.36. The van der Waals surface area contributed by atoms with E-state index >= 15 is 0 Å². The lowest BCUT2D eigenvalue weighted by atomic mass is 9.87. The summed E-state index contributed by atoms with van der Waals surface area (Å²) in [6.45, 7) is 9.12. The molecule has 0 aromatic carbocycles. The zero-order valence-electron chi connectivity index (χ0n) is 21.1. The second-order valence-electron chi connectivity index (χ2n) is 10.2. The summed E-state index contributed by atoms with van der Waals surface area (Å²) in [5.74, 6) is -1.04. The fourth-order valence-electron chi connectivity index (χ4n) is 4.13. The highest BCUT2D eigenvalue weighted by atomic mass is 31.2. The highest BCUT2D eigenvalue weighted by Crippen LogP contribution is 2.50. The average Bonchev–Trinajstić information content (AvgIpc) is 2.71. The molecule has 0 radical (unpaired) electrons. The van der Waals surface area contributed by atoms with Crippen LogP contribution in [0.4, 0.5) is 4.79 Å². The lowest BCUT2D eigenvalue weighted by Gasteiger charge is -2.32. The topological polar surface area (TPSA) is 90.9 Å². The van der Waals surface area contributed by atoms with Crippen molar-refractivity contribution in [1.82, 2.24) is 5.32 Å². The molecule has 188 valence electrons. The minimum absolute atomic E-state index is 0.0315. The van der Waals surface area contributed by atoms with Gasteiger partial charge in [-0.3, -0.25) is 9.36 Å². The van der Waals surface area contributed by atoms with Crippen LogP contribution in [0, 0.1) is 11.8 Å². The van der Waals surface area contributed by atoms with E-state index in [0.717, 1.165) is 51.4 Å². The Bertz CT molecular complexity index is 612. The second-order valence-corrected chi connectivity index (χ2v) is 12.9. The van der Waals surface area contributed by atoms with E-state index in [-0.39, 0.29) is 12.6 Å². The van der Waals surface area contributed by atoms with E-state index in [0.29, 0.717) is 18.8 Å². The van der Waals surface area contributed by atoms with Crippen LogP contribution in [0.15, 0.2) is 0 Å². The SMILES string of the molecule is CCCCCCC(COP(C)(=O)C(CC1CCCCC1)NC(=O)OC(C)(C)C)C(=O)OC. The number of nitrogens with one attached hydrogen (secondary N) is 1. The number of amides is 1. The van der Waals surface area contributed by atoms with Gasteiger partial charge >= 0.3 is 12.1 Å². The largest absolute Gasteiger partial charge is 0.469 e. The number of rotatable bonds is 13. The van der Waals surface area contributed by atoms with Crippen molar-refractivity contribution in [1.29, 1.82) is 0 Å². The molecule has 0 saturated heterocycles. The molecule has 1 aliphatic carbocycles. The van der Waals surface area contributed by atoms with Gasteiger partial charge in [-0.1, -0.05) is 64.7 Å². The first-order valence-corrected chi connectivity index (χ1v) is 14.4. The van der Waals surface area contributed by atoms with E-state index in [2.05, 4.69) is 12.2 Å². The number of hydrogen-bond acceptors (Lipinski definition) is 6. The van der Waals surface area contributed by atoms with Gasteiger partial charge < -0.3 is 19.3 Å². The van der Waals surface area contributed by atoms with Crippen molar-refractivity contribution in [2.45, 2.75) is 110 Å². The van der Waals surface area contributed by atoms with E-state index in [1.54, 1.807) is 27.4 Å². The number of esters is 1. The highest BCUT2D eigenvalue weighted by molar-refractivity contribution is 7.58. The molecule has 0 aromatic rings. The maximum atomic E-state index is 13.6. The molecule has 0 spiro atoms. The molecule has 3 unspecified atom stereocenters. The molecular formula is C24H46NO6P. The number of carbonyl (C=O) groups excluding carboxylic acids is 2. The summed E-state index contributed by atoms with van der Waals surface area (Å²) < 4.78 is 29.9. The Kier molecular flexibility index (Phi) is 12.9. The van der Waals surface area contributed by atoms with Crippen molar-refractivity contribution in [3.8, 4) is 0 Å². The molecular weight excluding hydrogens is 429 g/mol. The predicted molar refractivity (Wildman–Crippen MR) is 128 cm³/mol. The van der Waals surface area contributed by atoms with Crippen LogP contribution >= 0.6 is 7.37 Å². The number of hydrogen-bond donors (Lipinski definition) is 1. The van der Waals surface area contributed by atoms with Crippen LogP contribution < -0.4 is 5.32 Å². The van der Waals surface area contributed by atoms with Crippen LogP contribution in [-0.4, -0.2) is 43.8 Å². The monoisotopic (exact) mass is 475 g/mol. The van der Waals surface area contributed by atoms with Crippen LogP contribution in [0.25, 0.3) is 0 Å². The van der Waals surface area contributed by atoms with Crippen molar-refractivity contribution in [3.05, 3.63) is 0 Å². The lowest BCUT2D eigenvalue weighted by Crippen LogP contribution is -2.40. The Labute approximate surface area is 195 Å². The van der Waals surface area contributed by atoms with E-state index < -0.39 is 30.8 Å². The molecule has 0 bridgehead atoms. The minimum Gasteiger partial charge on any atom is -0.469 e. The molecule has 7 nitrogen and oxygen atoms in total. The molecule has 1 amide bonds. The molecule has 32 heavy (non-hydrogen) atoms. The lowest BCUT2D eigenvalue weighted by molar-refractivity contribution is -0.146. The fourth-order valence-corrected chi connectivity index (χ4v) is 5.81. The summed E-state index contributed by atoms with van der Waals surface area (Å²) in [5, 5.41) is 2.82. The van der Waals surface area contributed by atoms with Crippen LogP contribution in [0.3, 0.4) is 0 Å². The molecule has 3 atom stereocenters. The van der Waals surface area contributed by atoms with Crippen molar-refractivity contribution >= 4 is 19.4 Å². The van der Waals surface area contributed by atoms with E-state index in [1.807, 2.05) is 0 Å². The molecule has 8 heteroatoms. The Balaban J connectivity index is 2.84. The zero-order chi connectivity index (χ0) is 24.2. The van der Waals surface area contributed by atoms with Gasteiger partial charge in [0.2, 0.25) is 7.37 Å². The fraction of sp³-hybridized carbons (Fsp3) is 0.917. The van der Waals surface area contributed by atoms with Gasteiger partial charge in [-0.25, -0.2) is 4.79 Å². The smallest absolute Gasteiger partial charge is 0.408 e. The number of methoxy groups -OCH3 is 1. The number of unbranched alkanes of at least 4 members (excludes halogenated alkanes) is 3. The molecule has 1 rings (SSSR count). The first-order valence-electron chi connectivity index (χ1n) is 12.3. The summed E-state index contributed by atoms with van der Waals surface area (Å²) in [7, 11) is -1.89. The molecule has 1 aliphatic rings. The molecule has 1 saturated carbocycles. The van der Waals surface area contributed by atoms with Crippen LogP contribution in [0.2, 0.25) is 0 Å². The van der Waals surface area contributed by atoms with Crippen LogP contribution in [-0.2, 0) is 23.4 Å². The Morgan fingerprint density at radius 1 is 1.09 bits per heavy atom. The summed E-state index contributed by atoms with van der Waals surface area (Å²) in [5.41, 5.74) is -0.646. The molecule has 0 aliphatic heterocycles. The van der Waals surface area contributed by atoms with Crippen molar-refractivity contribution < 1.29 is 28.2 Å². The van der Waals surface area contributed by atoms with Gasteiger partial charge in [-0.15, -0.1) is 0 Å². The third kappa shape index (κ3) is 11.7. The second kappa shape index (κ2) is 14.2. The van der Waals surface area contributed by atoms with E-state index in [4.69, 9.17) is 14.0 Å². The maximum Gasteiger partial charge on any atom is 0.408 e. The predicted octanol–water partition coefficient (Wildman–Crippen LogP) is 6.49. The molecule has 0 heterocycles. The number of ether oxygens (including phenoxy) is 2. The third-order valence-electron chi connectivity index (χ3n) is 6.00. The summed E-state index contributed by atoms with van der Waals surface area (Å²) >= 11 is 0. The quantitative estimate of drug-likeness (QED) is 0.186. The van der Waals surface area contributed by atoms with Crippen molar-refractivity contribution in [3.63, 3.8) is 0 Å². The molecule has 1 N–H and O–H groups in total. The standard InChI is InChI=1S/C24H46NO6P/c1-7-8-9-13-16-20(22(26)29-5)18-30-32(6,28)21(17-19-14-11-10-12-15-19)25-23(27)31-24(2,3)4/h19-21H,7-18H2,1-6H3,(H,25,27). The van der Waals surface area contributed by atoms with Crippen molar-refractivity contribution in [2.75, 3.05) is 20.4 Å². The van der Waals surface area contributed by atoms with E-state index in [1.165, 1.54) is 13.5 Å². The average molecular weight is 476 g/mol. The van der Waals surface area contributed by atoms with Gasteiger partial charge in [-0.2, -0.15) is 0 Å². The first kappa shape index (κ1) is 29.0. The van der Waals surface area contributed by atoms with Gasteiger partial charge in [-0.05, 0) is 39.5 Å². The Morgan fingerprint density at radius 2 is 1.75 bits per heavy atom. The molecule has 0 aromatic heterocycles. The summed E-state index contributed by atoms with van der Waals surface area (Å²) in [6.07, 6.45) is 10.5. The summed E-state index contributed by atoms with van der Waals surface area (Å²) in [4.78, 5) is 24.7. The van der Waals surface area contributed by atoms with Gasteiger partial charge in [0.05, 0.1) is 19.6 Å². The van der Waals surface area contributed by atoms with Gasteiger partial charge in [0.25, 0.3) is 0 Å². The Hall–Kier alpha value is -1.07. The van der Waals surface area contributed by atoms with Gasteiger partial charge in [0.15, 0.2) is 0 Å². The van der Waals surface area contributed by atoms with Crippen LogP contribution in [0.1, 0.15) is 98.3 Å². The van der Waals surface area contributed by atoms with Gasteiger partial charge in [0.1, 0.15) is 11.4 Å². The van der Waals surface area contributed by atoms with Gasteiger partial charge in [0, 0.05) is 6.66 Å². The normalized spacial score (nSPS) is 18.9. The van der Waals surface area contributed by atoms with Crippen molar-refractivity contribution in [2.24, 2.45) is 11.8 Å². The number of alkyl carbamates (subject to hydrolysis) is 1. The minimum atomic E-state index is -3.26. The molecule has 1 fully saturated rings.